The Labute approximate surface area is 201 Å². The van der Waals surface area contributed by atoms with E-state index in [1.165, 1.54) is 16.7 Å². The van der Waals surface area contributed by atoms with Gasteiger partial charge in [-0.1, -0.05) is 96.6 Å². The number of carbonyl (C=O) groups is 1. The number of hydrogen-bond acceptors (Lipinski definition) is 3. The highest BCUT2D eigenvalue weighted by Gasteiger charge is 2.13. The van der Waals surface area contributed by atoms with E-state index in [9.17, 15) is 9.90 Å². The average molecular weight is 448 g/mol. The summed E-state index contributed by atoms with van der Waals surface area (Å²) in [6, 6.07) is 33.7. The van der Waals surface area contributed by atoms with E-state index in [2.05, 4.69) is 29.2 Å². The van der Waals surface area contributed by atoms with Gasteiger partial charge in [-0.3, -0.25) is 9.69 Å². The van der Waals surface area contributed by atoms with Gasteiger partial charge in [0.15, 0.2) is 5.78 Å². The third-order valence-electron chi connectivity index (χ3n) is 5.76. The Morgan fingerprint density at radius 2 is 1.35 bits per heavy atom. The van der Waals surface area contributed by atoms with Gasteiger partial charge in [-0.05, 0) is 47.9 Å². The molecule has 0 bridgehead atoms. The average Bonchev–Trinajstić information content (AvgIpc) is 2.86. The normalized spacial score (nSPS) is 11.2. The molecule has 3 nitrogen and oxygen atoms in total. The van der Waals surface area contributed by atoms with Gasteiger partial charge in [0.25, 0.3) is 0 Å². The molecular formula is C31H29NO2. The van der Waals surface area contributed by atoms with E-state index in [4.69, 9.17) is 0 Å². The third kappa shape index (κ3) is 6.53. The van der Waals surface area contributed by atoms with E-state index in [-0.39, 0.29) is 11.5 Å². The maximum absolute atomic E-state index is 12.8. The van der Waals surface area contributed by atoms with Crippen molar-refractivity contribution in [3.63, 3.8) is 0 Å². The first kappa shape index (κ1) is 23.2. The van der Waals surface area contributed by atoms with Crippen molar-refractivity contribution in [1.29, 1.82) is 0 Å². The van der Waals surface area contributed by atoms with E-state index in [0.717, 1.165) is 24.2 Å². The third-order valence-corrected chi connectivity index (χ3v) is 5.76. The molecule has 0 saturated carbocycles. The minimum absolute atomic E-state index is 0.0838. The molecule has 0 aliphatic rings. The van der Waals surface area contributed by atoms with E-state index in [1.807, 2.05) is 73.7 Å². The molecule has 0 amide bonds. The number of hydrogen-bond donors (Lipinski definition) is 1. The monoisotopic (exact) mass is 447 g/mol. The minimum Gasteiger partial charge on any atom is -0.508 e. The van der Waals surface area contributed by atoms with Crippen LogP contribution in [0.25, 0.3) is 6.08 Å². The number of rotatable bonds is 9. The van der Waals surface area contributed by atoms with Crippen molar-refractivity contribution in [2.45, 2.75) is 26.6 Å². The largest absolute Gasteiger partial charge is 0.508 e. The summed E-state index contributed by atoms with van der Waals surface area (Å²) in [4.78, 5) is 15.1. The zero-order valence-corrected chi connectivity index (χ0v) is 19.4. The molecule has 34 heavy (non-hydrogen) atoms. The van der Waals surface area contributed by atoms with Crippen LogP contribution in [0, 0.1) is 6.92 Å². The molecule has 0 aromatic heterocycles. The van der Waals surface area contributed by atoms with Crippen LogP contribution in [0.4, 0.5) is 0 Å². The number of ketones is 1. The summed E-state index contributed by atoms with van der Waals surface area (Å²) >= 11 is 0. The maximum atomic E-state index is 12.8. The fourth-order valence-corrected chi connectivity index (χ4v) is 3.90. The van der Waals surface area contributed by atoms with Gasteiger partial charge >= 0.3 is 0 Å². The summed E-state index contributed by atoms with van der Waals surface area (Å²) in [5, 5.41) is 10.6. The second kappa shape index (κ2) is 11.3. The zero-order chi connectivity index (χ0) is 23.8. The molecule has 4 aromatic rings. The second-order valence-corrected chi connectivity index (χ2v) is 8.57. The van der Waals surface area contributed by atoms with Crippen LogP contribution in [-0.4, -0.2) is 15.8 Å². The van der Waals surface area contributed by atoms with Crippen LogP contribution in [0.1, 0.15) is 38.2 Å². The number of phenolic OH excluding ortho intramolecular Hbond substituents is 1. The van der Waals surface area contributed by atoms with Crippen molar-refractivity contribution >= 4 is 11.9 Å². The number of benzene rings is 4. The number of nitrogens with zero attached hydrogens (tertiary/aromatic N) is 1. The molecule has 0 aliphatic carbocycles. The van der Waals surface area contributed by atoms with Crippen LogP contribution in [0.15, 0.2) is 109 Å². The molecule has 0 aliphatic heterocycles. The van der Waals surface area contributed by atoms with Gasteiger partial charge in [0.2, 0.25) is 0 Å². The Morgan fingerprint density at radius 3 is 1.94 bits per heavy atom. The highest BCUT2D eigenvalue weighted by Crippen LogP contribution is 2.23. The molecule has 0 spiro atoms. The topological polar surface area (TPSA) is 40.5 Å². The smallest absolute Gasteiger partial charge is 0.185 e. The van der Waals surface area contributed by atoms with Crippen molar-refractivity contribution in [3.8, 4) is 5.75 Å². The highest BCUT2D eigenvalue weighted by atomic mass is 16.3. The maximum Gasteiger partial charge on any atom is 0.185 e. The van der Waals surface area contributed by atoms with Gasteiger partial charge in [0.05, 0.1) is 0 Å². The summed E-state index contributed by atoms with van der Waals surface area (Å²) in [7, 11) is 0. The van der Waals surface area contributed by atoms with Gasteiger partial charge in [-0.15, -0.1) is 0 Å². The minimum atomic E-state index is -0.0838. The summed E-state index contributed by atoms with van der Waals surface area (Å²) < 4.78 is 0. The molecule has 4 aromatic carbocycles. The van der Waals surface area contributed by atoms with Gasteiger partial charge in [0, 0.05) is 30.8 Å². The summed E-state index contributed by atoms with van der Waals surface area (Å²) in [6.45, 7) is 4.04. The first-order chi connectivity index (χ1) is 16.6. The lowest BCUT2D eigenvalue weighted by Crippen LogP contribution is -2.22. The molecule has 0 saturated heterocycles. The summed E-state index contributed by atoms with van der Waals surface area (Å²) in [5.41, 5.74) is 5.87. The van der Waals surface area contributed by atoms with Crippen LogP contribution in [-0.2, 0) is 19.6 Å². The number of phenols is 1. The molecule has 0 fully saturated rings. The molecule has 4 rings (SSSR count). The van der Waals surface area contributed by atoms with Crippen LogP contribution >= 0.6 is 0 Å². The van der Waals surface area contributed by atoms with Crippen LogP contribution in [0.3, 0.4) is 0 Å². The Morgan fingerprint density at radius 1 is 0.765 bits per heavy atom. The van der Waals surface area contributed by atoms with E-state index < -0.39 is 0 Å². The first-order valence-corrected chi connectivity index (χ1v) is 11.5. The number of aromatic hydroxyl groups is 1. The first-order valence-electron chi connectivity index (χ1n) is 11.5. The highest BCUT2D eigenvalue weighted by molar-refractivity contribution is 6.07. The molecule has 1 N–H and O–H groups in total. The van der Waals surface area contributed by atoms with Crippen molar-refractivity contribution in [1.82, 2.24) is 4.90 Å². The lowest BCUT2D eigenvalue weighted by atomic mass is 10.0. The van der Waals surface area contributed by atoms with Gasteiger partial charge in [-0.2, -0.15) is 0 Å². The molecular weight excluding hydrogens is 418 g/mol. The molecule has 0 atom stereocenters. The van der Waals surface area contributed by atoms with Gasteiger partial charge < -0.3 is 5.11 Å². The zero-order valence-electron chi connectivity index (χ0n) is 19.4. The molecule has 170 valence electrons. The van der Waals surface area contributed by atoms with E-state index in [0.29, 0.717) is 12.1 Å². The predicted octanol–water partition coefficient (Wildman–Crippen LogP) is 6.80. The number of aryl methyl sites for hydroxylation is 1. The predicted molar refractivity (Wildman–Crippen MR) is 138 cm³/mol. The van der Waals surface area contributed by atoms with Gasteiger partial charge in [-0.25, -0.2) is 0 Å². The number of carbonyl (C=O) groups excluding carboxylic acids is 1. The fourth-order valence-electron chi connectivity index (χ4n) is 3.90. The SMILES string of the molecule is Cc1ccc(/C=C/C(=O)c2ccc(O)c(CN(Cc3ccccc3)Cc3ccccc3)c2)cc1. The second-order valence-electron chi connectivity index (χ2n) is 8.57. The quantitative estimate of drug-likeness (QED) is 0.227. The molecule has 0 unspecified atom stereocenters. The van der Waals surface area contributed by atoms with Crippen LogP contribution < -0.4 is 0 Å². The Hall–Kier alpha value is -3.95. The molecule has 0 radical (unpaired) electrons. The Balaban J connectivity index is 1.54. The Bertz CT molecular complexity index is 1200. The van der Waals surface area contributed by atoms with Gasteiger partial charge in [0.1, 0.15) is 5.75 Å². The number of allylic oxidation sites excluding steroid dienone is 1. The van der Waals surface area contributed by atoms with Crippen molar-refractivity contribution in [3.05, 3.63) is 143 Å². The lowest BCUT2D eigenvalue weighted by molar-refractivity contribution is 0.104. The Kier molecular flexibility index (Phi) is 7.69. The van der Waals surface area contributed by atoms with Crippen LogP contribution in [0.5, 0.6) is 5.75 Å². The summed E-state index contributed by atoms with van der Waals surface area (Å²) in [5.74, 6) is 0.115. The molecule has 3 heteroatoms. The molecule has 0 heterocycles. The van der Waals surface area contributed by atoms with Crippen molar-refractivity contribution in [2.75, 3.05) is 0 Å². The standard InChI is InChI=1S/C31H29NO2/c1-24-12-14-25(15-13-24)16-18-30(33)28-17-19-31(34)29(20-28)23-32(21-26-8-4-2-5-9-26)22-27-10-6-3-7-11-27/h2-20,34H,21-23H2,1H3/b18-16+. The van der Waals surface area contributed by atoms with Crippen molar-refractivity contribution in [2.24, 2.45) is 0 Å². The van der Waals surface area contributed by atoms with Crippen LogP contribution in [0.2, 0.25) is 0 Å². The fraction of sp³-hybridized carbons (Fsp3) is 0.129. The lowest BCUT2D eigenvalue weighted by Gasteiger charge is -2.23. The van der Waals surface area contributed by atoms with E-state index >= 15 is 0 Å². The van der Waals surface area contributed by atoms with Crippen molar-refractivity contribution < 1.29 is 9.90 Å². The van der Waals surface area contributed by atoms with E-state index in [1.54, 1.807) is 24.3 Å². The summed E-state index contributed by atoms with van der Waals surface area (Å²) in [6.07, 6.45) is 3.41.